The van der Waals surface area contributed by atoms with Crippen molar-refractivity contribution < 1.29 is 23.5 Å². The zero-order valence-corrected chi connectivity index (χ0v) is 21.6. The van der Waals surface area contributed by atoms with Gasteiger partial charge < -0.3 is 9.64 Å². The smallest absolute Gasteiger partial charge is 0.185 e. The van der Waals surface area contributed by atoms with Crippen LogP contribution in [0.1, 0.15) is 48.1 Å². The summed E-state index contributed by atoms with van der Waals surface area (Å²) in [7, 11) is 1.57. The third kappa shape index (κ3) is 3.16. The van der Waals surface area contributed by atoms with Crippen LogP contribution in [0.5, 0.6) is 5.75 Å². The first kappa shape index (κ1) is 24.2. The molecule has 4 aromatic rings. The molecule has 0 N–H and O–H groups in total. The van der Waals surface area contributed by atoms with Crippen molar-refractivity contribution in [1.29, 1.82) is 0 Å². The lowest BCUT2D eigenvalue weighted by Crippen LogP contribution is -2.48. The first-order valence-corrected chi connectivity index (χ1v) is 13.1. The van der Waals surface area contributed by atoms with E-state index >= 15 is 0 Å². The maximum Gasteiger partial charge on any atom is 0.185 e. The minimum absolute atomic E-state index is 0.288. The summed E-state index contributed by atoms with van der Waals surface area (Å²) < 4.78 is 19.2. The third-order valence-corrected chi connectivity index (χ3v) is 8.59. The lowest BCUT2D eigenvalue weighted by atomic mass is 9.64. The summed E-state index contributed by atoms with van der Waals surface area (Å²) >= 11 is 0. The second kappa shape index (κ2) is 8.85. The lowest BCUT2D eigenvalue weighted by Gasteiger charge is -2.37. The van der Waals surface area contributed by atoms with Crippen molar-refractivity contribution >= 4 is 29.1 Å². The molecule has 0 bridgehead atoms. The van der Waals surface area contributed by atoms with Crippen LogP contribution in [0.2, 0.25) is 0 Å². The van der Waals surface area contributed by atoms with Gasteiger partial charge >= 0.3 is 0 Å². The largest absolute Gasteiger partial charge is 0.497 e. The van der Waals surface area contributed by atoms with E-state index in [2.05, 4.69) is 0 Å². The van der Waals surface area contributed by atoms with Gasteiger partial charge in [0.25, 0.3) is 0 Å². The number of rotatable bonds is 4. The highest BCUT2D eigenvalue weighted by Crippen LogP contribution is 2.61. The summed E-state index contributed by atoms with van der Waals surface area (Å²) in [5.74, 6) is -1.53. The summed E-state index contributed by atoms with van der Waals surface area (Å²) in [5.41, 5.74) is 1.79. The molecule has 1 aliphatic carbocycles. The maximum atomic E-state index is 14.6. The van der Waals surface area contributed by atoms with Crippen LogP contribution >= 0.6 is 0 Å². The van der Waals surface area contributed by atoms with E-state index in [1.54, 1.807) is 43.5 Å². The predicted molar refractivity (Wildman–Crippen MR) is 150 cm³/mol. The fourth-order valence-corrected chi connectivity index (χ4v) is 6.89. The van der Waals surface area contributed by atoms with Gasteiger partial charge in [0.05, 0.1) is 13.2 Å². The van der Waals surface area contributed by atoms with E-state index in [1.807, 2.05) is 53.5 Å². The molecule has 1 spiro atoms. The van der Waals surface area contributed by atoms with E-state index in [9.17, 15) is 18.8 Å². The molecule has 0 amide bonds. The first-order valence-electron chi connectivity index (χ1n) is 13.1. The van der Waals surface area contributed by atoms with E-state index in [0.717, 1.165) is 11.3 Å². The van der Waals surface area contributed by atoms with E-state index in [1.165, 1.54) is 24.3 Å². The molecule has 2 aliphatic heterocycles. The molecule has 6 heteroatoms. The van der Waals surface area contributed by atoms with Gasteiger partial charge in [-0.3, -0.25) is 14.4 Å². The fourth-order valence-electron chi connectivity index (χ4n) is 6.89. The Morgan fingerprint density at radius 1 is 0.825 bits per heavy atom. The summed E-state index contributed by atoms with van der Waals surface area (Å²) in [6.07, 6.45) is 3.82. The Bertz CT molecular complexity index is 1690. The van der Waals surface area contributed by atoms with Crippen molar-refractivity contribution in [2.24, 2.45) is 5.41 Å². The number of benzene rings is 4. The second-order valence-corrected chi connectivity index (χ2v) is 10.4. The fraction of sp³-hybridized carbons (Fsp3) is 0.147. The number of fused-ring (bicyclic) bond motifs is 5. The van der Waals surface area contributed by atoms with Crippen LogP contribution in [-0.4, -0.2) is 36.5 Å². The Balaban J connectivity index is 1.53. The van der Waals surface area contributed by atoms with Crippen molar-refractivity contribution in [2.75, 3.05) is 12.0 Å². The Morgan fingerprint density at radius 3 is 2.10 bits per heavy atom. The number of para-hydroxylation sites is 1. The highest BCUT2D eigenvalue weighted by Gasteiger charge is 2.71. The topological polar surface area (TPSA) is 63.7 Å². The molecule has 7 rings (SSSR count). The number of carbonyl (C=O) groups excluding carboxylic acids is 3. The number of hydrogen-bond donors (Lipinski definition) is 0. The molecule has 3 atom stereocenters. The standard InChI is InChI=1S/C34H24FNO4/c1-40-24-17-12-21(13-18-24)29-30(31(37)22-10-15-23(35)16-11-22)36-27-9-5-2-6-20(27)14-19-28(36)34(29)32(38)25-7-3-4-8-26(25)33(34)39/h2-19,28-30H,1H3/t28?,29-,30+/m0/s1. The van der Waals surface area contributed by atoms with Gasteiger partial charge in [-0.15, -0.1) is 0 Å². The van der Waals surface area contributed by atoms with Crippen molar-refractivity contribution in [2.45, 2.75) is 18.0 Å². The van der Waals surface area contributed by atoms with Crippen LogP contribution in [0, 0.1) is 11.2 Å². The molecule has 1 unspecified atom stereocenters. The summed E-state index contributed by atoms with van der Waals surface area (Å²) in [4.78, 5) is 45.6. The molecule has 1 fully saturated rings. The molecule has 5 nitrogen and oxygen atoms in total. The Morgan fingerprint density at radius 2 is 1.45 bits per heavy atom. The minimum Gasteiger partial charge on any atom is -0.497 e. The van der Waals surface area contributed by atoms with Gasteiger partial charge in [-0.05, 0) is 53.6 Å². The van der Waals surface area contributed by atoms with E-state index in [4.69, 9.17) is 4.74 Å². The van der Waals surface area contributed by atoms with Crippen LogP contribution in [0.25, 0.3) is 6.08 Å². The number of anilines is 1. The minimum atomic E-state index is -1.58. The number of ether oxygens (including phenoxy) is 1. The Hall–Kier alpha value is -4.84. The van der Waals surface area contributed by atoms with Gasteiger partial charge in [-0.1, -0.05) is 66.7 Å². The normalized spacial score (nSPS) is 21.8. The molecule has 40 heavy (non-hydrogen) atoms. The van der Waals surface area contributed by atoms with Crippen molar-refractivity contribution in [3.8, 4) is 5.75 Å². The van der Waals surface area contributed by atoms with Crippen LogP contribution in [0.3, 0.4) is 0 Å². The second-order valence-electron chi connectivity index (χ2n) is 10.4. The monoisotopic (exact) mass is 529 g/mol. The van der Waals surface area contributed by atoms with Crippen LogP contribution in [0.15, 0.2) is 103 Å². The Kier molecular flexibility index (Phi) is 5.36. The number of carbonyl (C=O) groups is 3. The quantitative estimate of drug-likeness (QED) is 0.234. The summed E-state index contributed by atoms with van der Waals surface area (Å²) in [6, 6.07) is 25.6. The molecule has 2 heterocycles. The number of nitrogens with zero attached hydrogens (tertiary/aromatic N) is 1. The lowest BCUT2D eigenvalue weighted by molar-refractivity contribution is 0.0666. The molecule has 0 saturated carbocycles. The van der Waals surface area contributed by atoms with Gasteiger partial charge in [0, 0.05) is 28.3 Å². The molecular weight excluding hydrogens is 505 g/mol. The zero-order chi connectivity index (χ0) is 27.6. The summed E-state index contributed by atoms with van der Waals surface area (Å²) in [5, 5.41) is 0. The van der Waals surface area contributed by atoms with Gasteiger partial charge in [0.1, 0.15) is 23.0 Å². The highest BCUT2D eigenvalue weighted by molar-refractivity contribution is 6.32. The van der Waals surface area contributed by atoms with Gasteiger partial charge in [0.2, 0.25) is 0 Å². The van der Waals surface area contributed by atoms with E-state index in [-0.39, 0.29) is 17.3 Å². The summed E-state index contributed by atoms with van der Waals surface area (Å²) in [6.45, 7) is 0. The van der Waals surface area contributed by atoms with Crippen molar-refractivity contribution in [1.82, 2.24) is 0 Å². The molecule has 196 valence electrons. The van der Waals surface area contributed by atoms with Crippen LogP contribution in [0.4, 0.5) is 10.1 Å². The molecule has 0 radical (unpaired) electrons. The predicted octanol–water partition coefficient (Wildman–Crippen LogP) is 6.15. The van der Waals surface area contributed by atoms with Crippen molar-refractivity contribution in [3.05, 3.63) is 137 Å². The van der Waals surface area contributed by atoms with Gasteiger partial charge in [-0.25, -0.2) is 4.39 Å². The number of ketones is 3. The van der Waals surface area contributed by atoms with Crippen LogP contribution < -0.4 is 9.64 Å². The van der Waals surface area contributed by atoms with E-state index < -0.39 is 29.2 Å². The third-order valence-electron chi connectivity index (χ3n) is 8.59. The van der Waals surface area contributed by atoms with E-state index in [0.29, 0.717) is 28.0 Å². The molecule has 1 saturated heterocycles. The Labute approximate surface area is 230 Å². The maximum absolute atomic E-state index is 14.6. The number of Topliss-reactive ketones (excluding diaryl/α,β-unsaturated/α-hetero) is 3. The van der Waals surface area contributed by atoms with Crippen molar-refractivity contribution in [3.63, 3.8) is 0 Å². The van der Waals surface area contributed by atoms with Crippen LogP contribution in [-0.2, 0) is 0 Å². The zero-order valence-electron chi connectivity index (χ0n) is 21.6. The molecule has 4 aromatic carbocycles. The van der Waals surface area contributed by atoms with Gasteiger partial charge in [-0.2, -0.15) is 0 Å². The average molecular weight is 530 g/mol. The number of methoxy groups -OCH3 is 1. The van der Waals surface area contributed by atoms with Gasteiger partial charge in [0.15, 0.2) is 17.3 Å². The average Bonchev–Trinajstić information content (AvgIpc) is 3.43. The molecular formula is C34H24FNO4. The number of hydrogen-bond acceptors (Lipinski definition) is 5. The molecule has 3 aliphatic rings. The number of halogens is 1. The molecule has 0 aromatic heterocycles. The first-order chi connectivity index (χ1) is 19.5. The SMILES string of the molecule is COc1ccc([C@H]2[C@H](C(=O)c3ccc(F)cc3)N3c4ccccc4C=CC3C23C(=O)c2ccccc2C3=O)cc1. The highest BCUT2D eigenvalue weighted by atomic mass is 19.1.